The second-order valence-electron chi connectivity index (χ2n) is 3.45. The molecule has 0 aromatic carbocycles. The van der Waals surface area contributed by atoms with Gasteiger partial charge in [0.25, 0.3) is 0 Å². The van der Waals surface area contributed by atoms with Crippen molar-refractivity contribution in [3.05, 3.63) is 0 Å². The number of hydrogen-bond acceptors (Lipinski definition) is 2. The van der Waals surface area contributed by atoms with Crippen LogP contribution in [0.2, 0.25) is 0 Å². The highest BCUT2D eigenvalue weighted by Crippen LogP contribution is 2.48. The fourth-order valence-corrected chi connectivity index (χ4v) is 1.50. The van der Waals surface area contributed by atoms with Crippen LogP contribution in [0.25, 0.3) is 0 Å². The van der Waals surface area contributed by atoms with Gasteiger partial charge < -0.3 is 5.11 Å². The lowest BCUT2D eigenvalue weighted by Crippen LogP contribution is -2.56. The molecule has 0 aromatic heterocycles. The third-order valence-electron chi connectivity index (χ3n) is 2.50. The van der Waals surface area contributed by atoms with E-state index in [0.29, 0.717) is 0 Å². The molecule has 1 saturated carbocycles. The summed E-state index contributed by atoms with van der Waals surface area (Å²) in [6.45, 7) is 1.60. The van der Waals surface area contributed by atoms with Crippen LogP contribution >= 0.6 is 0 Å². The van der Waals surface area contributed by atoms with Crippen LogP contribution in [0.1, 0.15) is 26.2 Å². The molecule has 0 radical (unpaired) electrons. The van der Waals surface area contributed by atoms with Crippen molar-refractivity contribution in [3.63, 3.8) is 0 Å². The maximum Gasteiger partial charge on any atom is 0.417 e. The van der Waals surface area contributed by atoms with Gasteiger partial charge in [-0.2, -0.15) is 13.2 Å². The largest absolute Gasteiger partial charge is 0.417 e. The number of aliphatic hydroxyl groups is 1. The van der Waals surface area contributed by atoms with Crippen LogP contribution in [0.4, 0.5) is 13.2 Å². The summed E-state index contributed by atoms with van der Waals surface area (Å²) in [4.78, 5) is 10.9. The topological polar surface area (TPSA) is 37.3 Å². The monoisotopic (exact) mass is 196 g/mol. The Morgan fingerprint density at radius 1 is 1.54 bits per heavy atom. The van der Waals surface area contributed by atoms with Crippen molar-refractivity contribution >= 4 is 5.78 Å². The molecule has 0 amide bonds. The average molecular weight is 196 g/mol. The molecule has 1 aliphatic carbocycles. The molecule has 1 rings (SSSR count). The van der Waals surface area contributed by atoms with Crippen molar-refractivity contribution in [1.82, 2.24) is 0 Å². The van der Waals surface area contributed by atoms with Crippen molar-refractivity contribution < 1.29 is 23.1 Å². The summed E-state index contributed by atoms with van der Waals surface area (Å²) in [5, 5.41) is 8.98. The first kappa shape index (κ1) is 10.5. The van der Waals surface area contributed by atoms with Crippen LogP contribution < -0.4 is 0 Å². The highest BCUT2D eigenvalue weighted by Gasteiger charge is 2.62. The van der Waals surface area contributed by atoms with E-state index in [2.05, 4.69) is 0 Å². The first-order chi connectivity index (χ1) is 5.80. The quantitative estimate of drug-likeness (QED) is 0.729. The Balaban J connectivity index is 2.53. The van der Waals surface area contributed by atoms with Crippen molar-refractivity contribution in [3.8, 4) is 0 Å². The second-order valence-corrected chi connectivity index (χ2v) is 3.45. The predicted octanol–water partition coefficient (Wildman–Crippen LogP) is 1.67. The van der Waals surface area contributed by atoms with Gasteiger partial charge in [0.1, 0.15) is 5.78 Å². The molecular weight excluding hydrogens is 185 g/mol. The van der Waals surface area contributed by atoms with Gasteiger partial charge in [-0.25, -0.2) is 0 Å². The zero-order valence-corrected chi connectivity index (χ0v) is 7.19. The molecular formula is C8H11F3O2. The number of alkyl halides is 3. The second kappa shape index (κ2) is 2.97. The Bertz CT molecular complexity index is 216. The maximum atomic E-state index is 12.1. The third-order valence-corrected chi connectivity index (χ3v) is 2.50. The number of ketones is 1. The minimum absolute atomic E-state index is 0.200. The average Bonchev–Trinajstić information content (AvgIpc) is 1.95. The van der Waals surface area contributed by atoms with Crippen LogP contribution in [-0.2, 0) is 4.79 Å². The van der Waals surface area contributed by atoms with Gasteiger partial charge in [0, 0.05) is 12.3 Å². The van der Waals surface area contributed by atoms with E-state index in [9.17, 15) is 18.0 Å². The van der Waals surface area contributed by atoms with Crippen LogP contribution in [0.15, 0.2) is 0 Å². The molecule has 76 valence electrons. The van der Waals surface area contributed by atoms with E-state index in [0.717, 1.165) is 0 Å². The van der Waals surface area contributed by atoms with Crippen molar-refractivity contribution in [2.75, 3.05) is 0 Å². The molecule has 0 aliphatic heterocycles. The fraction of sp³-hybridized carbons (Fsp3) is 0.875. The molecule has 0 saturated heterocycles. The summed E-state index contributed by atoms with van der Waals surface area (Å²) in [6.07, 6.45) is -5.30. The van der Waals surface area contributed by atoms with Gasteiger partial charge in [-0.15, -0.1) is 0 Å². The number of carbonyl (C=O) groups excluding carboxylic acids is 1. The SMILES string of the molecule is CCC(=O)C1CC(O)(C(F)(F)F)C1. The van der Waals surface area contributed by atoms with Crippen molar-refractivity contribution in [2.24, 2.45) is 5.92 Å². The summed E-state index contributed by atoms with van der Waals surface area (Å²) < 4.78 is 36.2. The molecule has 0 spiro atoms. The summed E-state index contributed by atoms with van der Waals surface area (Å²) in [7, 11) is 0. The van der Waals surface area contributed by atoms with Crippen molar-refractivity contribution in [2.45, 2.75) is 38.0 Å². The minimum atomic E-state index is -4.60. The van der Waals surface area contributed by atoms with E-state index < -0.39 is 30.5 Å². The maximum absolute atomic E-state index is 12.1. The smallest absolute Gasteiger partial charge is 0.380 e. The van der Waals surface area contributed by atoms with Gasteiger partial charge in [-0.3, -0.25) is 4.79 Å². The number of Topliss-reactive ketones (excluding diaryl/α,β-unsaturated/α-hetero) is 1. The lowest BCUT2D eigenvalue weighted by molar-refractivity contribution is -0.295. The molecule has 5 heteroatoms. The van der Waals surface area contributed by atoms with Gasteiger partial charge in [-0.1, -0.05) is 6.92 Å². The van der Waals surface area contributed by atoms with Crippen LogP contribution in [-0.4, -0.2) is 22.7 Å². The molecule has 0 bridgehead atoms. The highest BCUT2D eigenvalue weighted by atomic mass is 19.4. The van der Waals surface area contributed by atoms with Crippen LogP contribution in [0.3, 0.4) is 0 Å². The minimum Gasteiger partial charge on any atom is -0.380 e. The molecule has 1 fully saturated rings. The lowest BCUT2D eigenvalue weighted by Gasteiger charge is -2.43. The van der Waals surface area contributed by atoms with E-state index in [1.165, 1.54) is 0 Å². The number of halogens is 3. The Morgan fingerprint density at radius 3 is 2.31 bits per heavy atom. The van der Waals surface area contributed by atoms with E-state index in [1.807, 2.05) is 0 Å². The Morgan fingerprint density at radius 2 is 2.00 bits per heavy atom. The summed E-state index contributed by atoms with van der Waals surface area (Å²) in [5.74, 6) is -0.800. The van der Waals surface area contributed by atoms with E-state index in [1.54, 1.807) is 6.92 Å². The molecule has 0 aromatic rings. The summed E-state index contributed by atoms with van der Waals surface area (Å²) in [6, 6.07) is 0. The molecule has 0 heterocycles. The molecule has 13 heavy (non-hydrogen) atoms. The van der Waals surface area contributed by atoms with Crippen molar-refractivity contribution in [1.29, 1.82) is 0 Å². The Kier molecular flexibility index (Phi) is 2.40. The van der Waals surface area contributed by atoms with E-state index >= 15 is 0 Å². The number of hydrogen-bond donors (Lipinski definition) is 1. The fourth-order valence-electron chi connectivity index (χ4n) is 1.50. The first-order valence-corrected chi connectivity index (χ1v) is 4.12. The van der Waals surface area contributed by atoms with E-state index in [4.69, 9.17) is 5.11 Å². The van der Waals surface area contributed by atoms with Gasteiger partial charge in [0.2, 0.25) is 0 Å². The lowest BCUT2D eigenvalue weighted by atomic mass is 9.68. The van der Waals surface area contributed by atoms with Gasteiger partial charge in [-0.05, 0) is 12.8 Å². The van der Waals surface area contributed by atoms with E-state index in [-0.39, 0.29) is 12.2 Å². The Labute approximate surface area is 73.7 Å². The Hall–Kier alpha value is -0.580. The number of carbonyl (C=O) groups is 1. The first-order valence-electron chi connectivity index (χ1n) is 4.12. The molecule has 1 aliphatic rings. The van der Waals surface area contributed by atoms with Crippen LogP contribution in [0, 0.1) is 5.92 Å². The predicted molar refractivity (Wildman–Crippen MR) is 39.0 cm³/mol. The van der Waals surface area contributed by atoms with Gasteiger partial charge in [0.15, 0.2) is 5.60 Å². The van der Waals surface area contributed by atoms with Crippen LogP contribution in [0.5, 0.6) is 0 Å². The molecule has 0 atom stereocenters. The summed E-state index contributed by atoms with van der Waals surface area (Å²) in [5.41, 5.74) is -2.61. The van der Waals surface area contributed by atoms with Gasteiger partial charge >= 0.3 is 6.18 Å². The number of rotatable bonds is 2. The van der Waals surface area contributed by atoms with Gasteiger partial charge in [0.05, 0.1) is 0 Å². The molecule has 2 nitrogen and oxygen atoms in total. The molecule has 1 N–H and O–H groups in total. The summed E-state index contributed by atoms with van der Waals surface area (Å²) >= 11 is 0. The normalized spacial score (nSPS) is 34.1. The zero-order chi connectivity index (χ0) is 10.3. The highest BCUT2D eigenvalue weighted by molar-refractivity contribution is 5.82. The standard InChI is InChI=1S/C8H11F3O2/c1-2-6(12)5-3-7(13,4-5)8(9,10)11/h5,13H,2-4H2,1H3. The zero-order valence-electron chi connectivity index (χ0n) is 7.19. The molecule has 0 unspecified atom stereocenters. The third kappa shape index (κ3) is 1.70.